The molecular weight excluding hydrogens is 382 g/mol. The molecule has 1 aromatic heterocycles. The second-order valence-electron chi connectivity index (χ2n) is 4.50. The Morgan fingerprint density at radius 1 is 0.950 bits per heavy atom. The van der Waals surface area contributed by atoms with Crippen LogP contribution in [0.3, 0.4) is 0 Å². The Hall–Kier alpha value is -1.39. The van der Waals surface area contributed by atoms with Gasteiger partial charge >= 0.3 is 0 Å². The molecule has 0 aliphatic carbocycles. The summed E-state index contributed by atoms with van der Waals surface area (Å²) in [6, 6.07) is 16.1. The van der Waals surface area contributed by atoms with Gasteiger partial charge in [-0.15, -0.1) is 0 Å². The fourth-order valence-corrected chi connectivity index (χ4v) is 2.95. The maximum Gasteiger partial charge on any atom is 0.181 e. The van der Waals surface area contributed by atoms with Crippen LogP contribution in [0.5, 0.6) is 0 Å². The van der Waals surface area contributed by atoms with E-state index in [1.54, 1.807) is 0 Å². The topological polar surface area (TPSA) is 26.0 Å². The lowest BCUT2D eigenvalue weighted by molar-refractivity contribution is 0.434. The largest absolute Gasteiger partial charge is 0.354 e. The third kappa shape index (κ3) is 2.45. The van der Waals surface area contributed by atoms with Gasteiger partial charge in [0, 0.05) is 15.6 Å². The van der Waals surface area contributed by atoms with E-state index in [9.17, 15) is 0 Å². The van der Waals surface area contributed by atoms with Gasteiger partial charge in [0.1, 0.15) is 5.69 Å². The van der Waals surface area contributed by atoms with Gasteiger partial charge in [0.05, 0.1) is 4.47 Å². The molecule has 0 fully saturated rings. The zero-order chi connectivity index (χ0) is 14.1. The molecule has 0 unspecified atom stereocenters. The van der Waals surface area contributed by atoms with Crippen LogP contribution in [0.4, 0.5) is 0 Å². The summed E-state index contributed by atoms with van der Waals surface area (Å²) in [7, 11) is 0. The van der Waals surface area contributed by atoms with Crippen molar-refractivity contribution in [1.82, 2.24) is 5.16 Å². The molecule has 0 radical (unpaired) electrons. The Bertz CT molecular complexity index is 750. The molecule has 0 spiro atoms. The van der Waals surface area contributed by atoms with Gasteiger partial charge in [0.2, 0.25) is 0 Å². The summed E-state index contributed by atoms with van der Waals surface area (Å²) in [6.07, 6.45) is 0. The molecule has 4 heteroatoms. The molecule has 0 saturated carbocycles. The third-order valence-electron chi connectivity index (χ3n) is 3.12. The highest BCUT2D eigenvalue weighted by Crippen LogP contribution is 2.37. The van der Waals surface area contributed by atoms with E-state index in [1.165, 1.54) is 5.56 Å². The van der Waals surface area contributed by atoms with Crippen LogP contribution in [0, 0.1) is 6.92 Å². The van der Waals surface area contributed by atoms with Crippen LogP contribution in [-0.4, -0.2) is 5.16 Å². The molecule has 0 N–H and O–H groups in total. The van der Waals surface area contributed by atoms with Crippen molar-refractivity contribution < 1.29 is 4.52 Å². The summed E-state index contributed by atoms with van der Waals surface area (Å²) in [6.45, 7) is 2.06. The van der Waals surface area contributed by atoms with E-state index in [2.05, 4.69) is 50.0 Å². The molecule has 0 atom stereocenters. The van der Waals surface area contributed by atoms with Crippen molar-refractivity contribution in [2.24, 2.45) is 0 Å². The molecule has 0 bridgehead atoms. The van der Waals surface area contributed by atoms with Crippen molar-refractivity contribution in [3.63, 3.8) is 0 Å². The van der Waals surface area contributed by atoms with Gasteiger partial charge in [-0.2, -0.15) is 0 Å². The Balaban J connectivity index is 2.08. The van der Waals surface area contributed by atoms with Crippen molar-refractivity contribution in [1.29, 1.82) is 0 Å². The van der Waals surface area contributed by atoms with Gasteiger partial charge in [-0.05, 0) is 34.5 Å². The molecular formula is C16H11Br2NO. The molecule has 1 heterocycles. The minimum Gasteiger partial charge on any atom is -0.354 e. The predicted octanol–water partition coefficient (Wildman–Crippen LogP) is 5.84. The number of hydrogen-bond acceptors (Lipinski definition) is 2. The summed E-state index contributed by atoms with van der Waals surface area (Å²) in [5, 5.41) is 4.19. The van der Waals surface area contributed by atoms with E-state index < -0.39 is 0 Å². The molecule has 0 aliphatic heterocycles. The van der Waals surface area contributed by atoms with E-state index in [0.717, 1.165) is 31.5 Å². The minimum absolute atomic E-state index is 0.747. The van der Waals surface area contributed by atoms with Gasteiger partial charge in [0.25, 0.3) is 0 Å². The van der Waals surface area contributed by atoms with Crippen LogP contribution < -0.4 is 0 Å². The first-order valence-electron chi connectivity index (χ1n) is 6.14. The van der Waals surface area contributed by atoms with Crippen molar-refractivity contribution in [3.05, 3.63) is 63.0 Å². The lowest BCUT2D eigenvalue weighted by Crippen LogP contribution is -1.81. The lowest BCUT2D eigenvalue weighted by Gasteiger charge is -2.01. The fraction of sp³-hybridized carbons (Fsp3) is 0.0625. The maximum absolute atomic E-state index is 5.49. The monoisotopic (exact) mass is 391 g/mol. The highest BCUT2D eigenvalue weighted by molar-refractivity contribution is 9.11. The van der Waals surface area contributed by atoms with Gasteiger partial charge in [-0.3, -0.25) is 0 Å². The molecule has 0 amide bonds. The number of nitrogens with zero attached hydrogens (tertiary/aromatic N) is 1. The Morgan fingerprint density at radius 2 is 1.70 bits per heavy atom. The van der Waals surface area contributed by atoms with Crippen LogP contribution in [0.15, 0.2) is 62.0 Å². The van der Waals surface area contributed by atoms with E-state index >= 15 is 0 Å². The SMILES string of the molecule is Cc1ccc(-c2noc(-c3ccccc3)c2Br)cc1Br. The third-order valence-corrected chi connectivity index (χ3v) is 4.71. The van der Waals surface area contributed by atoms with Gasteiger partial charge in [0.15, 0.2) is 5.76 Å². The van der Waals surface area contributed by atoms with Crippen LogP contribution in [0.25, 0.3) is 22.6 Å². The Morgan fingerprint density at radius 3 is 2.40 bits per heavy atom. The zero-order valence-corrected chi connectivity index (χ0v) is 13.9. The predicted molar refractivity (Wildman–Crippen MR) is 87.5 cm³/mol. The normalized spacial score (nSPS) is 10.8. The second kappa shape index (κ2) is 5.54. The Labute approximate surface area is 134 Å². The van der Waals surface area contributed by atoms with E-state index in [4.69, 9.17) is 4.52 Å². The quantitative estimate of drug-likeness (QED) is 0.547. The zero-order valence-electron chi connectivity index (χ0n) is 10.7. The van der Waals surface area contributed by atoms with Crippen molar-refractivity contribution >= 4 is 31.9 Å². The van der Waals surface area contributed by atoms with Crippen LogP contribution >= 0.6 is 31.9 Å². The van der Waals surface area contributed by atoms with Crippen molar-refractivity contribution in [2.45, 2.75) is 6.92 Å². The number of aryl methyl sites for hydroxylation is 1. The van der Waals surface area contributed by atoms with E-state index in [0.29, 0.717) is 0 Å². The highest BCUT2D eigenvalue weighted by Gasteiger charge is 2.16. The second-order valence-corrected chi connectivity index (χ2v) is 6.15. The standard InChI is InChI=1S/C16H11Br2NO/c1-10-7-8-12(9-13(10)17)15-14(18)16(20-19-15)11-5-3-2-4-6-11/h2-9H,1H3. The molecule has 3 rings (SSSR count). The molecule has 2 nitrogen and oxygen atoms in total. The summed E-state index contributed by atoms with van der Waals surface area (Å²) >= 11 is 7.14. The van der Waals surface area contributed by atoms with Gasteiger partial charge in [-0.1, -0.05) is 63.6 Å². The van der Waals surface area contributed by atoms with Crippen LogP contribution in [0.2, 0.25) is 0 Å². The number of hydrogen-bond donors (Lipinski definition) is 0. The smallest absolute Gasteiger partial charge is 0.181 e. The fourth-order valence-electron chi connectivity index (χ4n) is 1.97. The van der Waals surface area contributed by atoms with E-state index in [1.807, 2.05) is 42.5 Å². The summed E-state index contributed by atoms with van der Waals surface area (Å²) < 4.78 is 7.43. The first kappa shape index (κ1) is 13.6. The number of rotatable bonds is 2. The number of benzene rings is 2. The first-order valence-corrected chi connectivity index (χ1v) is 7.72. The van der Waals surface area contributed by atoms with Gasteiger partial charge < -0.3 is 4.52 Å². The molecule has 0 saturated heterocycles. The van der Waals surface area contributed by atoms with Crippen LogP contribution in [-0.2, 0) is 0 Å². The molecule has 20 heavy (non-hydrogen) atoms. The highest BCUT2D eigenvalue weighted by atomic mass is 79.9. The molecule has 0 aliphatic rings. The van der Waals surface area contributed by atoms with Crippen LogP contribution in [0.1, 0.15) is 5.56 Å². The average molecular weight is 393 g/mol. The maximum atomic E-state index is 5.49. The minimum atomic E-state index is 0.747. The summed E-state index contributed by atoms with van der Waals surface area (Å²) in [4.78, 5) is 0. The van der Waals surface area contributed by atoms with E-state index in [-0.39, 0.29) is 0 Å². The lowest BCUT2D eigenvalue weighted by atomic mass is 10.1. The number of halogens is 2. The molecule has 2 aromatic carbocycles. The first-order chi connectivity index (χ1) is 9.66. The molecule has 3 aromatic rings. The van der Waals surface area contributed by atoms with Crippen molar-refractivity contribution in [3.8, 4) is 22.6 Å². The summed E-state index contributed by atoms with van der Waals surface area (Å²) in [5.74, 6) is 0.747. The van der Waals surface area contributed by atoms with Crippen molar-refractivity contribution in [2.75, 3.05) is 0 Å². The number of aromatic nitrogens is 1. The average Bonchev–Trinajstić information content (AvgIpc) is 2.85. The molecule has 100 valence electrons. The Kier molecular flexibility index (Phi) is 3.76. The summed E-state index contributed by atoms with van der Waals surface area (Å²) in [5.41, 5.74) is 4.02. The van der Waals surface area contributed by atoms with Gasteiger partial charge in [-0.25, -0.2) is 0 Å².